The molecule has 1 N–H and O–H groups in total. The highest BCUT2D eigenvalue weighted by Crippen LogP contribution is 2.29. The lowest BCUT2D eigenvalue weighted by Gasteiger charge is -2.26. The lowest BCUT2D eigenvalue weighted by molar-refractivity contribution is -0.131. The van der Waals surface area contributed by atoms with Crippen LogP contribution in [0.2, 0.25) is 0 Å². The molecule has 0 unspecified atom stereocenters. The molecule has 27 heavy (non-hydrogen) atoms. The topological polar surface area (TPSA) is 71.3 Å². The number of carbonyl (C=O) groups excluding carboxylic acids is 1. The second kappa shape index (κ2) is 7.61. The molecule has 1 aromatic carbocycles. The fourth-order valence-electron chi connectivity index (χ4n) is 3.37. The predicted molar refractivity (Wildman–Crippen MR) is 103 cm³/mol. The van der Waals surface area contributed by atoms with E-state index in [0.29, 0.717) is 31.7 Å². The Morgan fingerprint density at radius 2 is 2.07 bits per heavy atom. The number of hydrogen-bond donors (Lipinski definition) is 1. The molecule has 0 atom stereocenters. The van der Waals surface area contributed by atoms with Gasteiger partial charge in [-0.05, 0) is 30.2 Å². The maximum absolute atomic E-state index is 12.7. The van der Waals surface area contributed by atoms with E-state index in [9.17, 15) is 4.79 Å². The maximum Gasteiger partial charge on any atom is 0.228 e. The van der Waals surface area contributed by atoms with Crippen LogP contribution in [0.3, 0.4) is 0 Å². The molecule has 138 valence electrons. The summed E-state index contributed by atoms with van der Waals surface area (Å²) in [6.07, 6.45) is 3.62. The van der Waals surface area contributed by atoms with E-state index in [1.807, 2.05) is 41.3 Å². The standard InChI is InChI=1S/C21H22N4O2/c1-2-15-7-3-4-9-18(15)23-21-17-14-25(12-10-19(17)27-24-21)20(26)13-16-8-5-6-11-22-16/h3-9,11H,2,10,12-14H2,1H3,(H,23,24). The fraction of sp³-hybridized carbons (Fsp3) is 0.286. The molecule has 1 amide bonds. The maximum atomic E-state index is 12.7. The Hall–Kier alpha value is -3.15. The van der Waals surface area contributed by atoms with Crippen LogP contribution in [0.25, 0.3) is 0 Å². The van der Waals surface area contributed by atoms with Crippen molar-refractivity contribution in [1.29, 1.82) is 0 Å². The number of amides is 1. The van der Waals surface area contributed by atoms with Crippen LogP contribution in [0.4, 0.5) is 11.5 Å². The lowest BCUT2D eigenvalue weighted by atomic mass is 10.1. The molecular weight excluding hydrogens is 340 g/mol. The summed E-state index contributed by atoms with van der Waals surface area (Å²) in [4.78, 5) is 18.8. The normalized spacial score (nSPS) is 13.3. The number of hydrogen-bond acceptors (Lipinski definition) is 5. The first-order chi connectivity index (χ1) is 13.2. The number of aryl methyl sites for hydroxylation is 1. The van der Waals surface area contributed by atoms with Crippen molar-refractivity contribution >= 4 is 17.4 Å². The second-order valence-electron chi connectivity index (χ2n) is 6.63. The van der Waals surface area contributed by atoms with Crippen molar-refractivity contribution in [2.75, 3.05) is 11.9 Å². The number of pyridine rings is 1. The first-order valence-electron chi connectivity index (χ1n) is 9.24. The van der Waals surface area contributed by atoms with Crippen LogP contribution in [-0.4, -0.2) is 27.5 Å². The Kier molecular flexibility index (Phi) is 4.87. The van der Waals surface area contributed by atoms with Gasteiger partial charge < -0.3 is 14.7 Å². The molecule has 2 aromatic heterocycles. The van der Waals surface area contributed by atoms with Gasteiger partial charge in [-0.3, -0.25) is 9.78 Å². The van der Waals surface area contributed by atoms with E-state index in [-0.39, 0.29) is 5.91 Å². The van der Waals surface area contributed by atoms with Gasteiger partial charge in [-0.15, -0.1) is 0 Å². The molecule has 1 aliphatic heterocycles. The average molecular weight is 362 g/mol. The monoisotopic (exact) mass is 362 g/mol. The molecule has 6 nitrogen and oxygen atoms in total. The quantitative estimate of drug-likeness (QED) is 0.752. The smallest absolute Gasteiger partial charge is 0.228 e. The molecule has 3 aromatic rings. The summed E-state index contributed by atoms with van der Waals surface area (Å²) >= 11 is 0. The highest BCUT2D eigenvalue weighted by molar-refractivity contribution is 5.79. The molecule has 0 radical (unpaired) electrons. The molecule has 0 bridgehead atoms. The van der Waals surface area contributed by atoms with Gasteiger partial charge in [0, 0.05) is 30.5 Å². The van der Waals surface area contributed by atoms with Crippen LogP contribution in [0.15, 0.2) is 53.2 Å². The van der Waals surface area contributed by atoms with Gasteiger partial charge >= 0.3 is 0 Å². The lowest BCUT2D eigenvalue weighted by Crippen LogP contribution is -2.36. The summed E-state index contributed by atoms with van der Waals surface area (Å²) in [5.41, 5.74) is 3.98. The third-order valence-electron chi connectivity index (χ3n) is 4.89. The van der Waals surface area contributed by atoms with E-state index in [1.54, 1.807) is 6.20 Å². The SMILES string of the molecule is CCc1ccccc1Nc1noc2c1CN(C(=O)Cc1ccccn1)CC2. The number of aromatic nitrogens is 2. The van der Waals surface area contributed by atoms with Crippen molar-refractivity contribution in [3.63, 3.8) is 0 Å². The summed E-state index contributed by atoms with van der Waals surface area (Å²) in [5, 5.41) is 7.60. The van der Waals surface area contributed by atoms with Crippen molar-refractivity contribution in [1.82, 2.24) is 15.0 Å². The van der Waals surface area contributed by atoms with Crippen molar-refractivity contribution in [3.05, 3.63) is 71.2 Å². The first-order valence-corrected chi connectivity index (χ1v) is 9.24. The van der Waals surface area contributed by atoms with E-state index < -0.39 is 0 Å². The number of benzene rings is 1. The highest BCUT2D eigenvalue weighted by Gasteiger charge is 2.27. The van der Waals surface area contributed by atoms with Crippen molar-refractivity contribution < 1.29 is 9.32 Å². The molecular formula is C21H22N4O2. The summed E-state index contributed by atoms with van der Waals surface area (Å²) in [7, 11) is 0. The minimum absolute atomic E-state index is 0.0699. The van der Waals surface area contributed by atoms with E-state index in [1.165, 1.54) is 5.56 Å². The number of nitrogens with one attached hydrogen (secondary N) is 1. The Morgan fingerprint density at radius 3 is 2.89 bits per heavy atom. The van der Waals surface area contributed by atoms with Gasteiger partial charge in [0.25, 0.3) is 0 Å². The first kappa shape index (κ1) is 17.3. The zero-order valence-corrected chi connectivity index (χ0v) is 15.3. The van der Waals surface area contributed by atoms with Crippen LogP contribution >= 0.6 is 0 Å². The van der Waals surface area contributed by atoms with Gasteiger partial charge in [0.05, 0.1) is 18.5 Å². The minimum atomic E-state index is 0.0699. The second-order valence-corrected chi connectivity index (χ2v) is 6.63. The molecule has 0 saturated heterocycles. The van der Waals surface area contributed by atoms with Crippen LogP contribution < -0.4 is 5.32 Å². The number of para-hydroxylation sites is 1. The minimum Gasteiger partial charge on any atom is -0.359 e. The predicted octanol–water partition coefficient (Wildman–Crippen LogP) is 3.50. The number of carbonyl (C=O) groups is 1. The Morgan fingerprint density at radius 1 is 1.22 bits per heavy atom. The number of anilines is 2. The van der Waals surface area contributed by atoms with Crippen LogP contribution in [0, 0.1) is 0 Å². The fourth-order valence-corrected chi connectivity index (χ4v) is 3.37. The number of nitrogens with zero attached hydrogens (tertiary/aromatic N) is 3. The summed E-state index contributed by atoms with van der Waals surface area (Å²) < 4.78 is 5.52. The third-order valence-corrected chi connectivity index (χ3v) is 4.89. The van der Waals surface area contributed by atoms with Crippen molar-refractivity contribution in [2.24, 2.45) is 0 Å². The van der Waals surface area contributed by atoms with E-state index in [0.717, 1.165) is 29.1 Å². The number of rotatable bonds is 5. The molecule has 6 heteroatoms. The highest BCUT2D eigenvalue weighted by atomic mass is 16.5. The van der Waals surface area contributed by atoms with Gasteiger partial charge in [-0.2, -0.15) is 0 Å². The average Bonchev–Trinajstić information content (AvgIpc) is 3.11. The van der Waals surface area contributed by atoms with Gasteiger partial charge in [0.15, 0.2) is 5.82 Å². The molecule has 0 fully saturated rings. The van der Waals surface area contributed by atoms with Gasteiger partial charge in [0.1, 0.15) is 5.76 Å². The van der Waals surface area contributed by atoms with Crippen LogP contribution in [0.5, 0.6) is 0 Å². The Balaban J connectivity index is 1.51. The Labute approximate surface area is 158 Å². The number of fused-ring (bicyclic) bond motifs is 1. The van der Waals surface area contributed by atoms with Crippen molar-refractivity contribution in [3.8, 4) is 0 Å². The van der Waals surface area contributed by atoms with Gasteiger partial charge in [0.2, 0.25) is 5.91 Å². The Bertz CT molecular complexity index is 936. The van der Waals surface area contributed by atoms with E-state index in [4.69, 9.17) is 4.52 Å². The van der Waals surface area contributed by atoms with Crippen LogP contribution in [0.1, 0.15) is 29.5 Å². The summed E-state index contributed by atoms with van der Waals surface area (Å²) in [6, 6.07) is 13.8. The molecule has 1 aliphatic rings. The third kappa shape index (κ3) is 3.69. The summed E-state index contributed by atoms with van der Waals surface area (Å²) in [6.45, 7) is 3.26. The molecule has 3 heterocycles. The van der Waals surface area contributed by atoms with Gasteiger partial charge in [-0.1, -0.05) is 36.3 Å². The molecule has 0 aliphatic carbocycles. The van der Waals surface area contributed by atoms with Crippen LogP contribution in [-0.2, 0) is 30.6 Å². The zero-order valence-electron chi connectivity index (χ0n) is 15.3. The van der Waals surface area contributed by atoms with E-state index >= 15 is 0 Å². The molecule has 0 spiro atoms. The summed E-state index contributed by atoms with van der Waals surface area (Å²) in [5.74, 6) is 1.62. The largest absolute Gasteiger partial charge is 0.359 e. The van der Waals surface area contributed by atoms with Crippen molar-refractivity contribution in [2.45, 2.75) is 32.7 Å². The van der Waals surface area contributed by atoms with E-state index in [2.05, 4.69) is 28.4 Å². The molecule has 4 rings (SSSR count). The molecule has 0 saturated carbocycles. The van der Waals surface area contributed by atoms with Gasteiger partial charge in [-0.25, -0.2) is 0 Å². The zero-order chi connectivity index (χ0) is 18.6.